The van der Waals surface area contributed by atoms with Crippen LogP contribution in [0.2, 0.25) is 5.15 Å². The maximum atomic E-state index is 11.3. The normalized spacial score (nSPS) is 12.5. The number of hydrogen-bond donors (Lipinski definition) is 2. The van der Waals surface area contributed by atoms with Crippen molar-refractivity contribution < 1.29 is 8.42 Å². The molecule has 0 saturated heterocycles. The lowest BCUT2D eigenvalue weighted by molar-refractivity contribution is 0.546. The Morgan fingerprint density at radius 3 is 2.47 bits per heavy atom. The van der Waals surface area contributed by atoms with E-state index in [9.17, 15) is 8.42 Å². The van der Waals surface area contributed by atoms with Gasteiger partial charge in [-0.3, -0.25) is 0 Å². The minimum atomic E-state index is -3.23. The van der Waals surface area contributed by atoms with E-state index in [0.717, 1.165) is 0 Å². The van der Waals surface area contributed by atoms with Crippen LogP contribution in [-0.4, -0.2) is 37.7 Å². The van der Waals surface area contributed by atoms with Crippen LogP contribution in [0.1, 0.15) is 26.6 Å². The minimum Gasteiger partial charge on any atom is -0.369 e. The summed E-state index contributed by atoms with van der Waals surface area (Å²) in [4.78, 5) is 8.49. The Kier molecular flexibility index (Phi) is 5.11. The average Bonchev–Trinajstić information content (AvgIpc) is 2.27. The van der Waals surface area contributed by atoms with E-state index in [1.807, 2.05) is 20.8 Å². The maximum absolute atomic E-state index is 11.3. The molecule has 1 heterocycles. The molecule has 2 N–H and O–H groups in total. The number of hydrogen-bond acceptors (Lipinski definition) is 5. The van der Waals surface area contributed by atoms with Gasteiger partial charge in [-0.25, -0.2) is 23.1 Å². The molecular weight excluding hydrogens is 288 g/mol. The van der Waals surface area contributed by atoms with Gasteiger partial charge in [0.1, 0.15) is 16.8 Å². The summed E-state index contributed by atoms with van der Waals surface area (Å²) in [6.07, 6.45) is 0. The average molecular weight is 307 g/mol. The van der Waals surface area contributed by atoms with Crippen LogP contribution in [0.15, 0.2) is 6.07 Å². The van der Waals surface area contributed by atoms with Crippen molar-refractivity contribution in [3.63, 3.8) is 0 Å². The Labute approximate surface area is 119 Å². The number of aromatic nitrogens is 2. The predicted molar refractivity (Wildman–Crippen MR) is 77.1 cm³/mol. The number of sulfonamides is 1. The van der Waals surface area contributed by atoms with Gasteiger partial charge >= 0.3 is 0 Å². The van der Waals surface area contributed by atoms with E-state index in [-0.39, 0.29) is 17.7 Å². The van der Waals surface area contributed by atoms with Gasteiger partial charge in [0.15, 0.2) is 0 Å². The molecule has 0 aliphatic rings. The summed E-state index contributed by atoms with van der Waals surface area (Å²) in [5.41, 5.74) is -0.224. The summed E-state index contributed by atoms with van der Waals surface area (Å²) < 4.78 is 24.8. The molecule has 1 rings (SSSR count). The predicted octanol–water partition coefficient (Wildman–Crippen LogP) is 1.39. The van der Waals surface area contributed by atoms with Crippen molar-refractivity contribution in [1.29, 1.82) is 0 Å². The summed E-state index contributed by atoms with van der Waals surface area (Å²) in [5.74, 6) is 1.10. The van der Waals surface area contributed by atoms with Crippen molar-refractivity contribution in [1.82, 2.24) is 14.7 Å². The van der Waals surface area contributed by atoms with Gasteiger partial charge < -0.3 is 5.32 Å². The van der Waals surface area contributed by atoms with Gasteiger partial charge in [-0.2, -0.15) is 0 Å². The maximum Gasteiger partial charge on any atom is 0.213 e. The molecule has 0 aliphatic carbocycles. The first-order valence-corrected chi connectivity index (χ1v) is 7.87. The van der Waals surface area contributed by atoms with Crippen LogP contribution in [-0.2, 0) is 15.4 Å². The lowest BCUT2D eigenvalue weighted by Crippen LogP contribution is -2.26. The summed E-state index contributed by atoms with van der Waals surface area (Å²) in [7, 11) is -1.84. The number of nitrogens with one attached hydrogen (secondary N) is 2. The molecule has 0 aromatic carbocycles. The van der Waals surface area contributed by atoms with Gasteiger partial charge in [0.05, 0.1) is 5.75 Å². The first-order chi connectivity index (χ1) is 8.64. The molecule has 1 aromatic rings. The highest BCUT2D eigenvalue weighted by atomic mass is 35.5. The molecule has 108 valence electrons. The lowest BCUT2D eigenvalue weighted by atomic mass is 9.96. The van der Waals surface area contributed by atoms with Gasteiger partial charge in [0.2, 0.25) is 10.0 Å². The van der Waals surface area contributed by atoms with E-state index in [0.29, 0.717) is 16.8 Å². The van der Waals surface area contributed by atoms with Crippen LogP contribution in [0.3, 0.4) is 0 Å². The molecule has 0 atom stereocenters. The second kappa shape index (κ2) is 6.02. The van der Waals surface area contributed by atoms with E-state index < -0.39 is 10.0 Å². The lowest BCUT2D eigenvalue weighted by Gasteiger charge is -2.17. The summed E-state index contributed by atoms with van der Waals surface area (Å²) in [6, 6.07) is 1.57. The topological polar surface area (TPSA) is 84.0 Å². The van der Waals surface area contributed by atoms with E-state index in [2.05, 4.69) is 20.0 Å². The van der Waals surface area contributed by atoms with E-state index in [1.165, 1.54) is 7.05 Å². The van der Waals surface area contributed by atoms with Crippen molar-refractivity contribution in [2.24, 2.45) is 0 Å². The monoisotopic (exact) mass is 306 g/mol. The number of rotatable bonds is 5. The molecule has 0 spiro atoms. The zero-order valence-electron chi connectivity index (χ0n) is 11.5. The molecule has 1 aromatic heterocycles. The van der Waals surface area contributed by atoms with Crippen molar-refractivity contribution in [2.75, 3.05) is 24.7 Å². The van der Waals surface area contributed by atoms with Gasteiger partial charge in [-0.15, -0.1) is 0 Å². The van der Waals surface area contributed by atoms with E-state index in [1.54, 1.807) is 6.07 Å². The van der Waals surface area contributed by atoms with Gasteiger partial charge in [0.25, 0.3) is 0 Å². The molecule has 0 bridgehead atoms. The largest absolute Gasteiger partial charge is 0.369 e. The van der Waals surface area contributed by atoms with E-state index >= 15 is 0 Å². The summed E-state index contributed by atoms with van der Waals surface area (Å²) in [5, 5.41) is 3.27. The zero-order chi connectivity index (χ0) is 14.7. The quantitative estimate of drug-likeness (QED) is 0.803. The molecule has 19 heavy (non-hydrogen) atoms. The summed E-state index contributed by atoms with van der Waals surface area (Å²) >= 11 is 5.93. The molecule has 0 fully saturated rings. The first kappa shape index (κ1) is 16.1. The van der Waals surface area contributed by atoms with Gasteiger partial charge in [0, 0.05) is 18.0 Å². The second-order valence-electron chi connectivity index (χ2n) is 5.10. The number of anilines is 1. The first-order valence-electron chi connectivity index (χ1n) is 5.84. The Morgan fingerprint density at radius 1 is 1.32 bits per heavy atom. The summed E-state index contributed by atoms with van der Waals surface area (Å²) in [6.45, 7) is 6.19. The standard InChI is InChI=1S/C11H19ClN4O2S/c1-11(2,3)10-15-8(12)7-9(16-10)14-5-6-19(17,18)13-4/h7,13H,5-6H2,1-4H3,(H,14,15,16). The van der Waals surface area contributed by atoms with Crippen molar-refractivity contribution in [3.8, 4) is 0 Å². The highest BCUT2D eigenvalue weighted by Crippen LogP contribution is 2.22. The highest BCUT2D eigenvalue weighted by molar-refractivity contribution is 7.89. The van der Waals surface area contributed by atoms with Crippen molar-refractivity contribution >= 4 is 27.4 Å². The smallest absolute Gasteiger partial charge is 0.213 e. The Hall–Kier alpha value is -0.920. The van der Waals surface area contributed by atoms with Gasteiger partial charge in [-0.1, -0.05) is 32.4 Å². The molecular formula is C11H19ClN4O2S. The van der Waals surface area contributed by atoms with Crippen LogP contribution in [0.5, 0.6) is 0 Å². The van der Waals surface area contributed by atoms with Crippen LogP contribution in [0.25, 0.3) is 0 Å². The Balaban J connectivity index is 2.77. The second-order valence-corrected chi connectivity index (χ2v) is 7.53. The van der Waals surface area contributed by atoms with Gasteiger partial charge in [-0.05, 0) is 7.05 Å². The van der Waals surface area contributed by atoms with Crippen molar-refractivity contribution in [2.45, 2.75) is 26.2 Å². The molecule has 0 radical (unpaired) electrons. The zero-order valence-corrected chi connectivity index (χ0v) is 13.1. The molecule has 8 heteroatoms. The third-order valence-corrected chi connectivity index (χ3v) is 3.91. The highest BCUT2D eigenvalue weighted by Gasteiger charge is 2.18. The van der Waals surface area contributed by atoms with Crippen LogP contribution < -0.4 is 10.0 Å². The molecule has 0 unspecified atom stereocenters. The van der Waals surface area contributed by atoms with Crippen LogP contribution >= 0.6 is 11.6 Å². The molecule has 0 aliphatic heterocycles. The Morgan fingerprint density at radius 2 is 1.95 bits per heavy atom. The fraction of sp³-hybridized carbons (Fsp3) is 0.636. The number of halogens is 1. The van der Waals surface area contributed by atoms with Crippen molar-refractivity contribution in [3.05, 3.63) is 17.0 Å². The minimum absolute atomic E-state index is 0.0318. The SMILES string of the molecule is CNS(=O)(=O)CCNc1cc(Cl)nc(C(C)(C)C)n1. The van der Waals surface area contributed by atoms with Crippen LogP contribution in [0.4, 0.5) is 5.82 Å². The molecule has 0 amide bonds. The van der Waals surface area contributed by atoms with E-state index in [4.69, 9.17) is 11.6 Å². The molecule has 0 saturated carbocycles. The third-order valence-electron chi connectivity index (χ3n) is 2.35. The number of nitrogens with zero attached hydrogens (tertiary/aromatic N) is 2. The fourth-order valence-corrected chi connectivity index (χ4v) is 2.02. The fourth-order valence-electron chi connectivity index (χ4n) is 1.26. The Bertz CT molecular complexity index is 540. The van der Waals surface area contributed by atoms with Crippen LogP contribution in [0, 0.1) is 0 Å². The third kappa shape index (κ3) is 5.30. The molecule has 6 nitrogen and oxygen atoms in total.